The lowest BCUT2D eigenvalue weighted by Crippen LogP contribution is -2.21. The monoisotopic (exact) mass is 367 g/mol. The molecule has 1 aliphatic rings. The van der Waals surface area contributed by atoms with Crippen LogP contribution in [0, 0.1) is 0 Å². The number of alkyl halides is 3. The van der Waals surface area contributed by atoms with E-state index in [1.807, 2.05) is 0 Å². The van der Waals surface area contributed by atoms with Gasteiger partial charge in [-0.2, -0.15) is 18.3 Å². The average molecular weight is 368 g/mol. The molecule has 130 valence electrons. The molecule has 1 N–H and O–H groups in total. The van der Waals surface area contributed by atoms with Crippen molar-refractivity contribution in [3.05, 3.63) is 71.0 Å². The van der Waals surface area contributed by atoms with Gasteiger partial charge in [-0.25, -0.2) is 0 Å². The van der Waals surface area contributed by atoms with E-state index in [4.69, 9.17) is 11.6 Å². The van der Waals surface area contributed by atoms with E-state index in [9.17, 15) is 18.0 Å². The molecule has 3 rings (SSSR count). The summed E-state index contributed by atoms with van der Waals surface area (Å²) in [4.78, 5) is 12.2. The molecule has 0 atom stereocenters. The van der Waals surface area contributed by atoms with Crippen molar-refractivity contribution in [1.82, 2.24) is 9.78 Å². The zero-order valence-electron chi connectivity index (χ0n) is 12.8. The number of allylic oxidation sites excluding steroid dienone is 4. The van der Waals surface area contributed by atoms with Crippen LogP contribution in [0.4, 0.5) is 18.9 Å². The molecule has 1 heterocycles. The van der Waals surface area contributed by atoms with Gasteiger partial charge >= 0.3 is 6.18 Å². The highest BCUT2D eigenvalue weighted by molar-refractivity contribution is 6.30. The highest BCUT2D eigenvalue weighted by Crippen LogP contribution is 2.32. The Kier molecular flexibility index (Phi) is 4.67. The Morgan fingerprint density at radius 1 is 1.24 bits per heavy atom. The van der Waals surface area contributed by atoms with Crippen LogP contribution in [0.2, 0.25) is 5.02 Å². The van der Waals surface area contributed by atoms with Crippen LogP contribution in [-0.2, 0) is 17.5 Å². The summed E-state index contributed by atoms with van der Waals surface area (Å²) in [6, 6.07) is 7.46. The Morgan fingerprint density at radius 2 is 1.96 bits per heavy atom. The van der Waals surface area contributed by atoms with Crippen LogP contribution in [-0.4, -0.2) is 15.7 Å². The largest absolute Gasteiger partial charge is 0.435 e. The van der Waals surface area contributed by atoms with Gasteiger partial charge in [0.25, 0.3) is 0 Å². The average Bonchev–Trinajstić information content (AvgIpc) is 3.15. The number of nitrogens with one attached hydrogen (secondary N) is 1. The number of halogens is 4. The predicted molar refractivity (Wildman–Crippen MR) is 88.3 cm³/mol. The van der Waals surface area contributed by atoms with Gasteiger partial charge in [0.1, 0.15) is 6.54 Å². The molecule has 1 amide bonds. The number of hydrogen-bond acceptors (Lipinski definition) is 2. The van der Waals surface area contributed by atoms with Gasteiger partial charge < -0.3 is 5.32 Å². The van der Waals surface area contributed by atoms with Gasteiger partial charge in [0, 0.05) is 16.6 Å². The van der Waals surface area contributed by atoms with Gasteiger partial charge in [-0.05, 0) is 24.3 Å². The summed E-state index contributed by atoms with van der Waals surface area (Å²) in [5, 5.41) is 6.60. The lowest BCUT2D eigenvalue weighted by atomic mass is 10.1. The smallest absolute Gasteiger partial charge is 0.324 e. The van der Waals surface area contributed by atoms with Crippen molar-refractivity contribution in [2.24, 2.45) is 0 Å². The van der Waals surface area contributed by atoms with E-state index < -0.39 is 17.8 Å². The normalized spacial score (nSPS) is 14.2. The summed E-state index contributed by atoms with van der Waals surface area (Å²) in [6.45, 7) is -0.337. The molecule has 0 saturated heterocycles. The third-order valence-corrected chi connectivity index (χ3v) is 3.83. The van der Waals surface area contributed by atoms with Gasteiger partial charge in [-0.15, -0.1) is 0 Å². The quantitative estimate of drug-likeness (QED) is 0.870. The Hall–Kier alpha value is -2.54. The first-order valence-electron chi connectivity index (χ1n) is 7.38. The molecule has 0 bridgehead atoms. The van der Waals surface area contributed by atoms with Crippen molar-refractivity contribution in [3.63, 3.8) is 0 Å². The lowest BCUT2D eigenvalue weighted by Gasteiger charge is -2.11. The third kappa shape index (κ3) is 4.11. The van der Waals surface area contributed by atoms with Crippen LogP contribution in [0.25, 0.3) is 0 Å². The van der Waals surface area contributed by atoms with E-state index >= 15 is 0 Å². The Balaban J connectivity index is 1.83. The van der Waals surface area contributed by atoms with Gasteiger partial charge in [-0.1, -0.05) is 42.0 Å². The highest BCUT2D eigenvalue weighted by atomic mass is 35.5. The first-order valence-corrected chi connectivity index (χ1v) is 7.76. The minimum atomic E-state index is -4.57. The van der Waals surface area contributed by atoms with E-state index in [0.29, 0.717) is 16.4 Å². The summed E-state index contributed by atoms with van der Waals surface area (Å²) in [6.07, 6.45) is 2.38. The summed E-state index contributed by atoms with van der Waals surface area (Å²) in [5.41, 5.74) is -0.256. The number of hydrogen-bond donors (Lipinski definition) is 1. The van der Waals surface area contributed by atoms with Crippen LogP contribution < -0.4 is 5.32 Å². The van der Waals surface area contributed by atoms with Crippen LogP contribution in [0.1, 0.15) is 17.3 Å². The topological polar surface area (TPSA) is 46.9 Å². The van der Waals surface area contributed by atoms with E-state index in [1.54, 1.807) is 48.6 Å². The van der Waals surface area contributed by atoms with Crippen molar-refractivity contribution >= 4 is 23.2 Å². The molecule has 1 aromatic heterocycles. The number of nitrogens with zero attached hydrogens (tertiary/aromatic N) is 2. The molecule has 1 aromatic carbocycles. The zero-order chi connectivity index (χ0) is 18.0. The molecule has 0 aliphatic heterocycles. The maximum atomic E-state index is 13.0. The molecule has 2 aromatic rings. The standard InChI is InChI=1S/C17H13ClF3N3O/c18-12-6-3-7-13(8-12)22-16(25)10-24-14(11-4-1-2-5-11)9-15(23-24)17(19,20)21/h1-9,11H,10H2,(H,22,25). The first kappa shape index (κ1) is 17.3. The Labute approximate surface area is 146 Å². The fraction of sp³-hybridized carbons (Fsp3) is 0.176. The second kappa shape index (κ2) is 6.76. The van der Waals surface area contributed by atoms with Crippen molar-refractivity contribution in [2.75, 3.05) is 5.32 Å². The molecule has 4 nitrogen and oxygen atoms in total. The maximum absolute atomic E-state index is 13.0. The predicted octanol–water partition coefficient (Wildman–Crippen LogP) is 4.40. The lowest BCUT2D eigenvalue weighted by molar-refractivity contribution is -0.141. The van der Waals surface area contributed by atoms with Crippen molar-refractivity contribution in [1.29, 1.82) is 0 Å². The fourth-order valence-electron chi connectivity index (χ4n) is 2.50. The minimum absolute atomic E-state index is 0.304. The number of carbonyl (C=O) groups is 1. The summed E-state index contributed by atoms with van der Waals surface area (Å²) < 4.78 is 40.0. The van der Waals surface area contributed by atoms with Crippen LogP contribution >= 0.6 is 11.6 Å². The number of amides is 1. The van der Waals surface area contributed by atoms with Gasteiger partial charge in [0.05, 0.1) is 5.69 Å². The van der Waals surface area contributed by atoms with E-state index in [0.717, 1.165) is 10.7 Å². The van der Waals surface area contributed by atoms with Crippen molar-refractivity contribution < 1.29 is 18.0 Å². The van der Waals surface area contributed by atoms with Gasteiger partial charge in [0.15, 0.2) is 5.69 Å². The van der Waals surface area contributed by atoms with E-state index in [-0.39, 0.29) is 12.5 Å². The molecular weight excluding hydrogens is 355 g/mol. The fourth-order valence-corrected chi connectivity index (χ4v) is 2.69. The molecule has 0 saturated carbocycles. The number of anilines is 1. The van der Waals surface area contributed by atoms with Crippen molar-refractivity contribution in [3.8, 4) is 0 Å². The zero-order valence-corrected chi connectivity index (χ0v) is 13.6. The third-order valence-electron chi connectivity index (χ3n) is 3.59. The number of aromatic nitrogens is 2. The molecule has 0 unspecified atom stereocenters. The SMILES string of the molecule is O=C(Cn1nc(C(F)(F)F)cc1C1C=CC=C1)Nc1cccc(Cl)c1. The summed E-state index contributed by atoms with van der Waals surface area (Å²) in [5.74, 6) is -0.839. The van der Waals surface area contributed by atoms with Crippen LogP contribution in [0.5, 0.6) is 0 Å². The molecule has 0 radical (unpaired) electrons. The van der Waals surface area contributed by atoms with Crippen LogP contribution in [0.15, 0.2) is 54.6 Å². The highest BCUT2D eigenvalue weighted by Gasteiger charge is 2.35. The second-order valence-electron chi connectivity index (χ2n) is 5.46. The van der Waals surface area contributed by atoms with Gasteiger partial charge in [0.2, 0.25) is 5.91 Å². The number of rotatable bonds is 4. The molecule has 1 aliphatic carbocycles. The summed E-state index contributed by atoms with van der Waals surface area (Å²) >= 11 is 5.84. The summed E-state index contributed by atoms with van der Waals surface area (Å²) in [7, 11) is 0. The van der Waals surface area contributed by atoms with Gasteiger partial charge in [-0.3, -0.25) is 9.48 Å². The Morgan fingerprint density at radius 3 is 2.60 bits per heavy atom. The molecule has 25 heavy (non-hydrogen) atoms. The Bertz CT molecular complexity index is 843. The molecule has 0 spiro atoms. The van der Waals surface area contributed by atoms with Crippen molar-refractivity contribution in [2.45, 2.75) is 18.6 Å². The van der Waals surface area contributed by atoms with E-state index in [1.165, 1.54) is 0 Å². The number of benzene rings is 1. The van der Waals surface area contributed by atoms with Crippen LogP contribution in [0.3, 0.4) is 0 Å². The maximum Gasteiger partial charge on any atom is 0.435 e. The number of carbonyl (C=O) groups excluding carboxylic acids is 1. The minimum Gasteiger partial charge on any atom is -0.324 e. The molecule has 8 heteroatoms. The molecular formula is C17H13ClF3N3O. The molecule has 0 fully saturated rings. The van der Waals surface area contributed by atoms with E-state index in [2.05, 4.69) is 10.4 Å². The first-order chi connectivity index (χ1) is 11.8. The second-order valence-corrected chi connectivity index (χ2v) is 5.90.